The van der Waals surface area contributed by atoms with Crippen molar-refractivity contribution in [1.29, 1.82) is 0 Å². The second-order valence-electron chi connectivity index (χ2n) is 4.40. The largest absolute Gasteiger partial charge is 0.469 e. The summed E-state index contributed by atoms with van der Waals surface area (Å²) >= 11 is 0. The third kappa shape index (κ3) is 2.27. The third-order valence-electron chi connectivity index (χ3n) is 3.17. The molecule has 20 heavy (non-hydrogen) atoms. The smallest absolute Gasteiger partial charge is 0.311 e. The minimum Gasteiger partial charge on any atom is -0.469 e. The van der Waals surface area contributed by atoms with E-state index in [2.05, 4.69) is 4.74 Å². The van der Waals surface area contributed by atoms with Gasteiger partial charge in [0.15, 0.2) is 0 Å². The number of carbonyl (C=O) groups is 2. The summed E-state index contributed by atoms with van der Waals surface area (Å²) in [6.45, 7) is 0.0283. The van der Waals surface area contributed by atoms with E-state index in [1.165, 1.54) is 30.2 Å². The molecule has 1 saturated heterocycles. The van der Waals surface area contributed by atoms with E-state index in [9.17, 15) is 19.7 Å². The van der Waals surface area contributed by atoms with Crippen LogP contribution < -0.4 is 10.6 Å². The number of hydrogen-bond donors (Lipinski definition) is 1. The molecule has 2 N–H and O–H groups in total. The first kappa shape index (κ1) is 13.8. The van der Waals surface area contributed by atoms with Crippen molar-refractivity contribution in [2.24, 2.45) is 5.92 Å². The number of nitrogen functional groups attached to an aromatic ring is 1. The monoisotopic (exact) mass is 279 g/mol. The second kappa shape index (κ2) is 5.16. The highest BCUT2D eigenvalue weighted by molar-refractivity contribution is 6.03. The summed E-state index contributed by atoms with van der Waals surface area (Å²) in [7, 11) is 1.23. The van der Waals surface area contributed by atoms with E-state index in [1.807, 2.05) is 0 Å². The number of nitro groups is 1. The summed E-state index contributed by atoms with van der Waals surface area (Å²) in [5.41, 5.74) is 5.64. The van der Waals surface area contributed by atoms with Crippen LogP contribution in [0.15, 0.2) is 18.2 Å². The van der Waals surface area contributed by atoms with Gasteiger partial charge in [-0.1, -0.05) is 6.07 Å². The Bertz CT molecular complexity index is 586. The Labute approximate surface area is 114 Å². The fourth-order valence-electron chi connectivity index (χ4n) is 2.24. The zero-order valence-electron chi connectivity index (χ0n) is 10.7. The molecular formula is C12H13N3O5. The van der Waals surface area contributed by atoms with Crippen molar-refractivity contribution in [2.75, 3.05) is 24.3 Å². The summed E-state index contributed by atoms with van der Waals surface area (Å²) < 4.78 is 4.59. The van der Waals surface area contributed by atoms with Crippen LogP contribution in [0.4, 0.5) is 17.1 Å². The molecule has 1 aromatic rings. The molecule has 0 saturated carbocycles. The molecule has 1 unspecified atom stereocenters. The van der Waals surface area contributed by atoms with Crippen molar-refractivity contribution in [3.05, 3.63) is 28.3 Å². The number of nitrogens with two attached hydrogens (primary N) is 1. The van der Waals surface area contributed by atoms with Gasteiger partial charge in [0.05, 0.1) is 23.6 Å². The van der Waals surface area contributed by atoms with Gasteiger partial charge in [-0.25, -0.2) is 0 Å². The van der Waals surface area contributed by atoms with Gasteiger partial charge in [-0.05, 0) is 6.07 Å². The van der Waals surface area contributed by atoms with Gasteiger partial charge in [-0.2, -0.15) is 0 Å². The van der Waals surface area contributed by atoms with Crippen molar-refractivity contribution in [1.82, 2.24) is 0 Å². The number of amides is 1. The molecule has 106 valence electrons. The van der Waals surface area contributed by atoms with Crippen LogP contribution >= 0.6 is 0 Å². The molecule has 0 aliphatic carbocycles. The topological polar surface area (TPSA) is 116 Å². The van der Waals surface area contributed by atoms with Crippen molar-refractivity contribution in [3.8, 4) is 0 Å². The van der Waals surface area contributed by atoms with Gasteiger partial charge in [-0.15, -0.1) is 0 Å². The zero-order chi connectivity index (χ0) is 14.9. The molecular weight excluding hydrogens is 266 g/mol. The summed E-state index contributed by atoms with van der Waals surface area (Å²) in [4.78, 5) is 35.0. The maximum atomic E-state index is 12.0. The van der Waals surface area contributed by atoms with Gasteiger partial charge in [0.25, 0.3) is 5.69 Å². The van der Waals surface area contributed by atoms with E-state index in [0.717, 1.165) is 0 Å². The van der Waals surface area contributed by atoms with Crippen molar-refractivity contribution < 1.29 is 19.2 Å². The minimum atomic E-state index is -0.633. The molecule has 2 rings (SSSR count). The quantitative estimate of drug-likeness (QED) is 0.377. The molecule has 1 amide bonds. The molecule has 1 aliphatic rings. The molecule has 1 aliphatic heterocycles. The third-order valence-corrected chi connectivity index (χ3v) is 3.17. The predicted octanol–water partition coefficient (Wildman–Crippen LogP) is 0.703. The van der Waals surface area contributed by atoms with E-state index < -0.39 is 16.8 Å². The number of carbonyl (C=O) groups excluding carboxylic acids is 2. The summed E-state index contributed by atoms with van der Waals surface area (Å²) in [6.07, 6.45) is -0.0435. The molecule has 0 spiro atoms. The van der Waals surface area contributed by atoms with Crippen molar-refractivity contribution in [3.63, 3.8) is 0 Å². The Morgan fingerprint density at radius 2 is 2.25 bits per heavy atom. The first-order valence-corrected chi connectivity index (χ1v) is 5.86. The molecule has 0 bridgehead atoms. The average molecular weight is 279 g/mol. The lowest BCUT2D eigenvalue weighted by Gasteiger charge is -2.18. The Morgan fingerprint density at radius 3 is 2.85 bits per heavy atom. The van der Waals surface area contributed by atoms with Gasteiger partial charge in [0, 0.05) is 19.0 Å². The Balaban J connectivity index is 2.40. The lowest BCUT2D eigenvalue weighted by molar-refractivity contribution is -0.384. The standard InChI is InChI=1S/C12H13N3O5/c1-20-12(17)7-5-10(16)14(6-7)11-8(13)3-2-4-9(11)15(18)19/h2-4,7H,5-6,13H2,1H3. The predicted molar refractivity (Wildman–Crippen MR) is 70.0 cm³/mol. The molecule has 1 fully saturated rings. The van der Waals surface area contributed by atoms with E-state index in [1.54, 1.807) is 0 Å². The number of esters is 1. The van der Waals surface area contributed by atoms with Crippen LogP contribution in [0.3, 0.4) is 0 Å². The SMILES string of the molecule is COC(=O)C1CC(=O)N(c2c(N)cccc2[N+](=O)[O-])C1. The normalized spacial score (nSPS) is 18.1. The van der Waals surface area contributed by atoms with Crippen LogP contribution in [0, 0.1) is 16.0 Å². The summed E-state index contributed by atoms with van der Waals surface area (Å²) in [5, 5.41) is 11.0. The number of nitrogens with zero attached hydrogens (tertiary/aromatic N) is 2. The van der Waals surface area contributed by atoms with Crippen LogP contribution in [-0.2, 0) is 14.3 Å². The minimum absolute atomic E-state index is 0.0283. The summed E-state index contributed by atoms with van der Waals surface area (Å²) in [6, 6.07) is 4.18. The van der Waals surface area contributed by atoms with E-state index in [0.29, 0.717) is 0 Å². The highest BCUT2D eigenvalue weighted by atomic mass is 16.6. The van der Waals surface area contributed by atoms with Gasteiger partial charge in [-0.3, -0.25) is 19.7 Å². The van der Waals surface area contributed by atoms with Crippen molar-refractivity contribution >= 4 is 28.9 Å². The molecule has 1 aromatic carbocycles. The highest BCUT2D eigenvalue weighted by Crippen LogP contribution is 2.37. The maximum Gasteiger partial charge on any atom is 0.311 e. The lowest BCUT2D eigenvalue weighted by atomic mass is 10.1. The second-order valence-corrected chi connectivity index (χ2v) is 4.40. The molecule has 0 radical (unpaired) electrons. The molecule has 1 heterocycles. The Morgan fingerprint density at radius 1 is 1.55 bits per heavy atom. The highest BCUT2D eigenvalue weighted by Gasteiger charge is 2.39. The fraction of sp³-hybridized carbons (Fsp3) is 0.333. The van der Waals surface area contributed by atoms with Crippen LogP contribution in [-0.4, -0.2) is 30.5 Å². The lowest BCUT2D eigenvalue weighted by Crippen LogP contribution is -2.27. The van der Waals surface area contributed by atoms with Gasteiger partial charge < -0.3 is 15.4 Å². The number of para-hydroxylation sites is 1. The average Bonchev–Trinajstić information content (AvgIpc) is 2.79. The Hall–Kier alpha value is -2.64. The Kier molecular flexibility index (Phi) is 3.55. The number of benzene rings is 1. The van der Waals surface area contributed by atoms with Gasteiger partial charge in [0.1, 0.15) is 5.69 Å². The van der Waals surface area contributed by atoms with E-state index >= 15 is 0 Å². The van der Waals surface area contributed by atoms with Crippen LogP contribution in [0.1, 0.15) is 6.42 Å². The van der Waals surface area contributed by atoms with Gasteiger partial charge >= 0.3 is 5.97 Å². The molecule has 8 heteroatoms. The van der Waals surface area contributed by atoms with E-state index in [-0.39, 0.29) is 35.9 Å². The zero-order valence-corrected chi connectivity index (χ0v) is 10.7. The first-order valence-electron chi connectivity index (χ1n) is 5.86. The van der Waals surface area contributed by atoms with Gasteiger partial charge in [0.2, 0.25) is 5.91 Å². The maximum absolute atomic E-state index is 12.0. The van der Waals surface area contributed by atoms with Crippen LogP contribution in [0.2, 0.25) is 0 Å². The number of rotatable bonds is 3. The number of hydrogen-bond acceptors (Lipinski definition) is 6. The van der Waals surface area contributed by atoms with Crippen LogP contribution in [0.5, 0.6) is 0 Å². The molecule has 0 aromatic heterocycles. The molecule has 8 nitrogen and oxygen atoms in total. The number of methoxy groups -OCH3 is 1. The number of nitro benzene ring substituents is 1. The van der Waals surface area contributed by atoms with Crippen molar-refractivity contribution in [2.45, 2.75) is 6.42 Å². The summed E-state index contributed by atoms with van der Waals surface area (Å²) in [5.74, 6) is -1.54. The first-order chi connectivity index (χ1) is 9.45. The number of ether oxygens (including phenoxy) is 1. The fourth-order valence-corrected chi connectivity index (χ4v) is 2.24. The van der Waals surface area contributed by atoms with Crippen LogP contribution in [0.25, 0.3) is 0 Å². The molecule has 1 atom stereocenters. The number of anilines is 2. The van der Waals surface area contributed by atoms with E-state index in [4.69, 9.17) is 5.73 Å².